The molecule has 0 unspecified atom stereocenters. The predicted molar refractivity (Wildman–Crippen MR) is 171 cm³/mol. The van der Waals surface area contributed by atoms with E-state index in [9.17, 15) is 0 Å². The highest BCUT2D eigenvalue weighted by Gasteiger charge is 2.39. The van der Waals surface area contributed by atoms with Crippen molar-refractivity contribution in [2.45, 2.75) is 83.5 Å². The van der Waals surface area contributed by atoms with E-state index in [1.54, 1.807) is 0 Å². The number of rotatable bonds is 6. The fourth-order valence-electron chi connectivity index (χ4n) is 6.05. The monoisotopic (exact) mass is 548 g/mol. The van der Waals surface area contributed by atoms with Gasteiger partial charge in [0.2, 0.25) is 0 Å². The van der Waals surface area contributed by atoms with Crippen LogP contribution in [0.1, 0.15) is 89.5 Å². The summed E-state index contributed by atoms with van der Waals surface area (Å²) in [5.41, 5.74) is 18.1. The summed E-state index contributed by atoms with van der Waals surface area (Å²) in [7, 11) is 0. The molecule has 1 aliphatic rings. The van der Waals surface area contributed by atoms with Crippen LogP contribution in [0, 0.1) is 0 Å². The molecule has 0 heterocycles. The molecule has 4 N–H and O–H groups in total. The van der Waals surface area contributed by atoms with E-state index in [1.165, 1.54) is 35.1 Å². The Morgan fingerprint density at radius 3 is 1.24 bits per heavy atom. The van der Waals surface area contributed by atoms with Gasteiger partial charge in [-0.15, -0.1) is 0 Å². The third kappa shape index (κ3) is 6.07. The molecule has 5 rings (SSSR count). The van der Waals surface area contributed by atoms with Crippen LogP contribution in [0.5, 0.6) is 23.0 Å². The van der Waals surface area contributed by atoms with Crippen LogP contribution in [0.4, 0.5) is 11.4 Å². The zero-order chi connectivity index (χ0) is 29.4. The SMILES string of the molecule is CC(C)(C)c1cc(C2(c3ccc(Oc4ccc(N)cc4)c(C(C)(C)C)c3)CCCC2)ccc1Oc1ccc(N)cc1. The van der Waals surface area contributed by atoms with Gasteiger partial charge >= 0.3 is 0 Å². The number of hydrogen-bond acceptors (Lipinski definition) is 4. The summed E-state index contributed by atoms with van der Waals surface area (Å²) >= 11 is 0. The fourth-order valence-corrected chi connectivity index (χ4v) is 6.05. The number of nitrogen functional groups attached to an aromatic ring is 2. The maximum Gasteiger partial charge on any atom is 0.131 e. The highest BCUT2D eigenvalue weighted by molar-refractivity contribution is 5.54. The number of benzene rings is 4. The molecule has 4 heteroatoms. The highest BCUT2D eigenvalue weighted by atomic mass is 16.5. The number of hydrogen-bond donors (Lipinski definition) is 2. The summed E-state index contributed by atoms with van der Waals surface area (Å²) < 4.78 is 12.8. The highest BCUT2D eigenvalue weighted by Crippen LogP contribution is 2.50. The van der Waals surface area contributed by atoms with Gasteiger partial charge in [0.15, 0.2) is 0 Å². The van der Waals surface area contributed by atoms with Crippen molar-refractivity contribution in [1.82, 2.24) is 0 Å². The van der Waals surface area contributed by atoms with E-state index in [0.717, 1.165) is 47.2 Å². The molecule has 0 saturated heterocycles. The molecule has 0 bridgehead atoms. The second kappa shape index (κ2) is 10.8. The Hall–Kier alpha value is -3.92. The van der Waals surface area contributed by atoms with Crippen LogP contribution in [-0.2, 0) is 16.2 Å². The zero-order valence-corrected chi connectivity index (χ0v) is 25.4. The Morgan fingerprint density at radius 2 is 0.902 bits per heavy atom. The summed E-state index contributed by atoms with van der Waals surface area (Å²) in [4.78, 5) is 0. The largest absolute Gasteiger partial charge is 0.457 e. The van der Waals surface area contributed by atoms with Crippen molar-refractivity contribution in [2.24, 2.45) is 0 Å². The zero-order valence-electron chi connectivity index (χ0n) is 25.4. The van der Waals surface area contributed by atoms with Gasteiger partial charge in [0.25, 0.3) is 0 Å². The molecular weight excluding hydrogens is 504 g/mol. The molecule has 1 aliphatic carbocycles. The van der Waals surface area contributed by atoms with Gasteiger partial charge in [0, 0.05) is 27.9 Å². The second-order valence-electron chi connectivity index (χ2n) is 13.6. The normalized spacial score (nSPS) is 15.1. The molecular formula is C37H44N2O2. The average Bonchev–Trinajstić information content (AvgIpc) is 3.42. The maximum absolute atomic E-state index is 6.41. The molecule has 214 valence electrons. The van der Waals surface area contributed by atoms with Crippen LogP contribution in [0.15, 0.2) is 84.9 Å². The molecule has 4 nitrogen and oxygen atoms in total. The van der Waals surface area contributed by atoms with Crippen LogP contribution < -0.4 is 20.9 Å². The van der Waals surface area contributed by atoms with E-state index >= 15 is 0 Å². The van der Waals surface area contributed by atoms with Gasteiger partial charge in [0.05, 0.1) is 0 Å². The smallest absolute Gasteiger partial charge is 0.131 e. The first-order valence-electron chi connectivity index (χ1n) is 14.7. The van der Waals surface area contributed by atoms with Crippen LogP contribution in [0.3, 0.4) is 0 Å². The van der Waals surface area contributed by atoms with E-state index in [-0.39, 0.29) is 16.2 Å². The van der Waals surface area contributed by atoms with Gasteiger partial charge in [-0.2, -0.15) is 0 Å². The van der Waals surface area contributed by atoms with E-state index in [2.05, 4.69) is 77.9 Å². The van der Waals surface area contributed by atoms with Gasteiger partial charge in [-0.1, -0.05) is 78.6 Å². The van der Waals surface area contributed by atoms with Gasteiger partial charge in [-0.05, 0) is 95.5 Å². The predicted octanol–water partition coefficient (Wildman–Crippen LogP) is 9.89. The van der Waals surface area contributed by atoms with E-state index < -0.39 is 0 Å². The lowest BCUT2D eigenvalue weighted by atomic mass is 9.70. The van der Waals surface area contributed by atoms with Crippen molar-refractivity contribution in [2.75, 3.05) is 11.5 Å². The average molecular weight is 549 g/mol. The number of nitrogens with two attached hydrogens (primary N) is 2. The van der Waals surface area contributed by atoms with Gasteiger partial charge in [-0.3, -0.25) is 0 Å². The van der Waals surface area contributed by atoms with Crippen molar-refractivity contribution in [3.05, 3.63) is 107 Å². The van der Waals surface area contributed by atoms with Crippen LogP contribution in [0.25, 0.3) is 0 Å². The maximum atomic E-state index is 6.41. The number of anilines is 2. The van der Waals surface area contributed by atoms with Crippen molar-refractivity contribution in [3.8, 4) is 23.0 Å². The molecule has 0 atom stereocenters. The lowest BCUT2D eigenvalue weighted by molar-refractivity contribution is 0.449. The van der Waals surface area contributed by atoms with Crippen LogP contribution >= 0.6 is 0 Å². The van der Waals surface area contributed by atoms with E-state index in [1.807, 2.05) is 48.5 Å². The van der Waals surface area contributed by atoms with Crippen molar-refractivity contribution >= 4 is 11.4 Å². The third-order valence-electron chi connectivity index (χ3n) is 8.35. The molecule has 0 aliphatic heterocycles. The van der Waals surface area contributed by atoms with Gasteiger partial charge < -0.3 is 20.9 Å². The minimum atomic E-state index is -0.0910. The Labute approximate surface area is 245 Å². The lowest BCUT2D eigenvalue weighted by Crippen LogP contribution is -2.26. The molecule has 41 heavy (non-hydrogen) atoms. The molecule has 0 amide bonds. The summed E-state index contributed by atoms with van der Waals surface area (Å²) in [5, 5.41) is 0. The molecule has 0 radical (unpaired) electrons. The molecule has 4 aromatic carbocycles. The van der Waals surface area contributed by atoms with Crippen molar-refractivity contribution < 1.29 is 9.47 Å². The summed E-state index contributed by atoms with van der Waals surface area (Å²) in [5.74, 6) is 3.36. The van der Waals surface area contributed by atoms with E-state index in [4.69, 9.17) is 20.9 Å². The first-order chi connectivity index (χ1) is 19.3. The van der Waals surface area contributed by atoms with Gasteiger partial charge in [0.1, 0.15) is 23.0 Å². The molecule has 0 aromatic heterocycles. The first kappa shape index (κ1) is 28.6. The molecule has 4 aromatic rings. The summed E-state index contributed by atoms with van der Waals surface area (Å²) in [6.07, 6.45) is 4.67. The standard InChI is InChI=1S/C37H44N2O2/c1-35(2,3)31-23-25(9-19-33(31)40-29-15-11-27(38)12-16-29)37(21-7-8-22-37)26-10-20-34(32(24-26)36(4,5)6)41-30-17-13-28(39)14-18-30/h9-20,23-24H,7-8,21-22,38-39H2,1-6H3. The number of ether oxygens (including phenoxy) is 2. The fraction of sp³-hybridized carbons (Fsp3) is 0.351. The van der Waals surface area contributed by atoms with E-state index in [0.29, 0.717) is 0 Å². The topological polar surface area (TPSA) is 70.5 Å². The van der Waals surface area contributed by atoms with Crippen LogP contribution in [0.2, 0.25) is 0 Å². The molecule has 1 fully saturated rings. The second-order valence-corrected chi connectivity index (χ2v) is 13.6. The molecule has 0 spiro atoms. The first-order valence-corrected chi connectivity index (χ1v) is 14.7. The minimum Gasteiger partial charge on any atom is -0.457 e. The summed E-state index contributed by atoms with van der Waals surface area (Å²) in [6.45, 7) is 13.5. The minimum absolute atomic E-state index is 0.0561. The Morgan fingerprint density at radius 1 is 0.537 bits per heavy atom. The van der Waals surface area contributed by atoms with Crippen LogP contribution in [-0.4, -0.2) is 0 Å². The Kier molecular flexibility index (Phi) is 7.54. The Balaban J connectivity index is 1.58. The van der Waals surface area contributed by atoms with Crippen molar-refractivity contribution in [1.29, 1.82) is 0 Å². The lowest BCUT2D eigenvalue weighted by Gasteiger charge is -2.34. The van der Waals surface area contributed by atoms with Gasteiger partial charge in [-0.25, -0.2) is 0 Å². The molecule has 1 saturated carbocycles. The summed E-state index contributed by atoms with van der Waals surface area (Å²) in [6, 6.07) is 28.9. The third-order valence-corrected chi connectivity index (χ3v) is 8.35. The quantitative estimate of drug-likeness (QED) is 0.235. The van der Waals surface area contributed by atoms with Crippen molar-refractivity contribution in [3.63, 3.8) is 0 Å². The Bertz CT molecular complexity index is 1390.